The third-order valence-electron chi connectivity index (χ3n) is 0.0875. The predicted octanol–water partition coefficient (Wildman–Crippen LogP) is 2.66. The highest BCUT2D eigenvalue weighted by atomic mass is 35.5. The average Bonchev–Trinajstić information content (AvgIpc) is 1.35. The van der Waals surface area contributed by atoms with Crippen LogP contribution in [0.3, 0.4) is 0 Å². The van der Waals surface area contributed by atoms with Gasteiger partial charge in [0.1, 0.15) is 12.1 Å². The third-order valence-corrected chi connectivity index (χ3v) is 0.612. The lowest BCUT2D eigenvalue weighted by molar-refractivity contribution is 0.508. The molecule has 0 aliphatic carbocycles. The van der Waals surface area contributed by atoms with E-state index < -0.39 is 16.1 Å². The fourth-order valence-electron chi connectivity index (χ4n) is 0. The first-order valence-corrected chi connectivity index (χ1v) is 2.40. The van der Waals surface area contributed by atoms with Crippen LogP contribution in [0.1, 0.15) is 0 Å². The summed E-state index contributed by atoms with van der Waals surface area (Å²) in [6.45, 7) is 0. The minimum Gasteiger partial charge on any atom is -0.192 e. The maximum Gasteiger partial charge on any atom is 0.334 e. The molecule has 0 N–H and O–H groups in total. The van der Waals surface area contributed by atoms with Crippen molar-refractivity contribution < 1.29 is 8.28 Å². The number of alkyl halides is 3. The van der Waals surface area contributed by atoms with Gasteiger partial charge in [0.2, 0.25) is 0 Å². The summed E-state index contributed by atoms with van der Waals surface area (Å²) in [5.41, 5.74) is 0. The Balaban J connectivity index is 3.17. The molecule has 0 spiro atoms. The molecule has 0 radical (unpaired) electrons. The average molecular weight is 153 g/mol. The molecule has 5 heteroatoms. The molecular weight excluding hydrogens is 153 g/mol. The molecule has 0 fully saturated rings. The Morgan fingerprint density at radius 1 is 1.50 bits per heavy atom. The van der Waals surface area contributed by atoms with Crippen LogP contribution in [0, 0.1) is 0 Å². The van der Waals surface area contributed by atoms with Crippen LogP contribution in [0.5, 0.6) is 0 Å². The van der Waals surface area contributed by atoms with Crippen LogP contribution < -0.4 is 0 Å². The fourth-order valence-corrected chi connectivity index (χ4v) is 0. The summed E-state index contributed by atoms with van der Waals surface area (Å²) in [5, 5.41) is 0. The van der Waals surface area contributed by atoms with E-state index in [2.05, 4.69) is 23.2 Å². The zero-order chi connectivity index (χ0) is 5.21. The van der Waals surface area contributed by atoms with Gasteiger partial charge in [-0.1, -0.05) is 23.2 Å². The molecule has 38 valence electrons. The smallest absolute Gasteiger partial charge is 0.192 e. The van der Waals surface area contributed by atoms with Crippen LogP contribution in [0.4, 0.5) is 8.28 Å². The van der Waals surface area contributed by atoms with Gasteiger partial charge in [-0.15, -0.1) is 0 Å². The molecule has 0 aliphatic rings. The van der Waals surface area contributed by atoms with Crippen LogP contribution >= 0.6 is 35.3 Å². The van der Waals surface area contributed by atoms with Crippen molar-refractivity contribution in [3.8, 4) is 0 Å². The topological polar surface area (TPSA) is 0 Å². The van der Waals surface area contributed by atoms with Crippen LogP contribution in [-0.2, 0) is 0 Å². The highest BCUT2D eigenvalue weighted by Gasteiger charge is 2.22. The second kappa shape index (κ2) is 2.19. The Bertz CT molecular complexity index is 41.3. The normalized spacial score (nSPS) is 12.0. The maximum absolute atomic E-state index is 11.2. The van der Waals surface area contributed by atoms with Gasteiger partial charge in [0.15, 0.2) is 0 Å². The zero-order valence-corrected chi connectivity index (χ0v) is 4.75. The molecule has 0 aliphatic heterocycles. The quantitative estimate of drug-likeness (QED) is 0.521. The molecule has 0 saturated carbocycles. The third kappa shape index (κ3) is 4.79. The molecule has 0 nitrogen and oxygen atoms in total. The summed E-state index contributed by atoms with van der Waals surface area (Å²) in [7, 11) is 0. The van der Waals surface area contributed by atoms with E-state index in [0.29, 0.717) is 0 Å². The molecule has 0 unspecified atom stereocenters. The minimum absolute atomic E-state index is 0.754. The van der Waals surface area contributed by atoms with Crippen molar-refractivity contribution in [2.75, 3.05) is 0 Å². The Kier molecular flexibility index (Phi) is 2.48. The molecular formula is CCl2F2S. The zero-order valence-electron chi connectivity index (χ0n) is 2.42. The van der Waals surface area contributed by atoms with Gasteiger partial charge in [0, 0.05) is 0 Å². The number of halogens is 4. The van der Waals surface area contributed by atoms with Crippen molar-refractivity contribution >= 4 is 35.3 Å². The number of rotatable bonds is 1. The van der Waals surface area contributed by atoms with Gasteiger partial charge >= 0.3 is 3.92 Å². The van der Waals surface area contributed by atoms with Gasteiger partial charge in [-0.2, -0.15) is 8.28 Å². The summed E-state index contributed by atoms with van der Waals surface area (Å²) in [4.78, 5) is 0. The van der Waals surface area contributed by atoms with Crippen molar-refractivity contribution in [1.82, 2.24) is 0 Å². The molecule has 0 rings (SSSR count). The largest absolute Gasteiger partial charge is 0.334 e. The van der Waals surface area contributed by atoms with Crippen molar-refractivity contribution in [1.29, 1.82) is 0 Å². The summed E-state index contributed by atoms with van der Waals surface area (Å²) in [5.74, 6) is 0. The van der Waals surface area contributed by atoms with Crippen molar-refractivity contribution in [3.05, 3.63) is 0 Å². The lowest BCUT2D eigenvalue weighted by Gasteiger charge is -1.95. The fraction of sp³-hybridized carbons (Fsp3) is 1.00. The maximum atomic E-state index is 11.2. The first kappa shape index (κ1) is 6.79. The Morgan fingerprint density at radius 3 is 1.67 bits per heavy atom. The van der Waals surface area contributed by atoms with E-state index >= 15 is 0 Å². The van der Waals surface area contributed by atoms with Gasteiger partial charge in [0.05, 0.1) is 0 Å². The van der Waals surface area contributed by atoms with Gasteiger partial charge in [-0.3, -0.25) is 0 Å². The van der Waals surface area contributed by atoms with E-state index in [1.54, 1.807) is 0 Å². The van der Waals surface area contributed by atoms with Crippen LogP contribution in [-0.4, -0.2) is 3.92 Å². The molecule has 0 aromatic rings. The first-order chi connectivity index (χ1) is 2.56. The SMILES string of the molecule is FSC(F)(Cl)Cl. The predicted molar refractivity (Wildman–Crippen MR) is 24.2 cm³/mol. The number of hydrogen-bond acceptors (Lipinski definition) is 1. The Hall–Kier alpha value is 0.790. The van der Waals surface area contributed by atoms with E-state index in [9.17, 15) is 8.28 Å². The highest BCUT2D eigenvalue weighted by molar-refractivity contribution is 7.98. The first-order valence-electron chi connectivity index (χ1n) is 0.925. The molecule has 0 amide bonds. The molecule has 0 saturated heterocycles. The van der Waals surface area contributed by atoms with Crippen molar-refractivity contribution in [3.63, 3.8) is 0 Å². The Labute approximate surface area is 48.1 Å². The minimum atomic E-state index is -2.76. The van der Waals surface area contributed by atoms with Crippen molar-refractivity contribution in [2.45, 2.75) is 3.92 Å². The molecule has 0 atom stereocenters. The van der Waals surface area contributed by atoms with E-state index in [1.165, 1.54) is 0 Å². The molecule has 0 heterocycles. The lowest BCUT2D eigenvalue weighted by Crippen LogP contribution is -1.89. The summed E-state index contributed by atoms with van der Waals surface area (Å²) < 4.78 is 19.3. The number of hydrogen-bond donors (Lipinski definition) is 0. The van der Waals surface area contributed by atoms with Crippen molar-refractivity contribution in [2.24, 2.45) is 0 Å². The second-order valence-corrected chi connectivity index (χ2v) is 2.92. The summed E-state index contributed by atoms with van der Waals surface area (Å²) in [6, 6.07) is 0. The van der Waals surface area contributed by atoms with Crippen LogP contribution in [0.25, 0.3) is 0 Å². The highest BCUT2D eigenvalue weighted by Crippen LogP contribution is 2.36. The molecule has 6 heavy (non-hydrogen) atoms. The Morgan fingerprint density at radius 2 is 1.67 bits per heavy atom. The van der Waals surface area contributed by atoms with E-state index in [0.717, 1.165) is 0 Å². The van der Waals surface area contributed by atoms with Crippen LogP contribution in [0.2, 0.25) is 0 Å². The molecule has 0 aromatic heterocycles. The van der Waals surface area contributed by atoms with Gasteiger partial charge < -0.3 is 0 Å². The van der Waals surface area contributed by atoms with Gasteiger partial charge in [-0.05, 0) is 0 Å². The monoisotopic (exact) mass is 152 g/mol. The van der Waals surface area contributed by atoms with E-state index in [1.807, 2.05) is 0 Å². The second-order valence-electron chi connectivity index (χ2n) is 0.523. The van der Waals surface area contributed by atoms with E-state index in [-0.39, 0.29) is 0 Å². The lowest BCUT2D eigenvalue weighted by atomic mass is 11.7. The summed E-state index contributed by atoms with van der Waals surface area (Å²) in [6.07, 6.45) is 0. The van der Waals surface area contributed by atoms with Gasteiger partial charge in [-0.25, -0.2) is 0 Å². The van der Waals surface area contributed by atoms with Crippen LogP contribution in [0.15, 0.2) is 0 Å². The standard InChI is InChI=1S/CCl2F2S/c2-1(3,4)6-5. The molecule has 0 bridgehead atoms. The molecule has 0 aromatic carbocycles. The summed E-state index contributed by atoms with van der Waals surface area (Å²) >= 11 is 8.05. The van der Waals surface area contributed by atoms with Gasteiger partial charge in [0.25, 0.3) is 0 Å². The van der Waals surface area contributed by atoms with E-state index in [4.69, 9.17) is 0 Å².